The molecule has 1 aromatic rings. The summed E-state index contributed by atoms with van der Waals surface area (Å²) in [5.41, 5.74) is 0.419. The Morgan fingerprint density at radius 1 is 1.47 bits per heavy atom. The minimum Gasteiger partial charge on any atom is -0.872 e. The molecule has 0 saturated heterocycles. The summed E-state index contributed by atoms with van der Waals surface area (Å²) in [7, 11) is 0. The van der Waals surface area contributed by atoms with Crippen molar-refractivity contribution in [1.29, 1.82) is 0 Å². The molecule has 4 heteroatoms. The van der Waals surface area contributed by atoms with Crippen molar-refractivity contribution in [1.82, 2.24) is 0 Å². The second-order valence-electron chi connectivity index (χ2n) is 4.30. The lowest BCUT2D eigenvalue weighted by Crippen LogP contribution is -2.20. The Labute approximate surface area is 101 Å². The Morgan fingerprint density at radius 3 is 2.65 bits per heavy atom. The van der Waals surface area contributed by atoms with Crippen molar-refractivity contribution >= 4 is 12.2 Å². The molecule has 4 nitrogen and oxygen atoms in total. The second kappa shape index (κ2) is 6.03. The van der Waals surface area contributed by atoms with Crippen LogP contribution in [0.1, 0.15) is 25.8 Å². The number of rotatable bonds is 5. The fraction of sp³-hybridized carbons (Fsp3) is 0.385. The van der Waals surface area contributed by atoms with Crippen molar-refractivity contribution in [3.05, 3.63) is 29.8 Å². The highest BCUT2D eigenvalue weighted by Gasteiger charge is 2.16. The molecule has 0 amide bonds. The molecular formula is C13H16NO3-. The summed E-state index contributed by atoms with van der Waals surface area (Å²) in [6.07, 6.45) is 1.82. The molecular weight excluding hydrogens is 218 g/mol. The van der Waals surface area contributed by atoms with Gasteiger partial charge in [0.2, 0.25) is 0 Å². The number of benzene rings is 1. The fourth-order valence-electron chi connectivity index (χ4n) is 1.43. The Morgan fingerprint density at radius 2 is 2.12 bits per heavy atom. The Balaban J connectivity index is 2.80. The summed E-state index contributed by atoms with van der Waals surface area (Å²) in [4.78, 5) is 14.9. The predicted octanol–water partition coefficient (Wildman–Crippen LogP) is 1.68. The third kappa shape index (κ3) is 4.26. The predicted molar refractivity (Wildman–Crippen MR) is 64.4 cm³/mol. The molecule has 0 aliphatic rings. The van der Waals surface area contributed by atoms with Crippen molar-refractivity contribution in [3.63, 3.8) is 0 Å². The van der Waals surface area contributed by atoms with Gasteiger partial charge in [0.25, 0.3) is 0 Å². The normalized spacial score (nSPS) is 13.1. The number of nitrogens with zero attached hydrogens (tertiary/aromatic N) is 1. The van der Waals surface area contributed by atoms with Gasteiger partial charge in [-0.2, -0.15) is 0 Å². The van der Waals surface area contributed by atoms with Gasteiger partial charge in [0.1, 0.15) is 6.04 Å². The first-order chi connectivity index (χ1) is 8.00. The molecule has 0 bridgehead atoms. The molecule has 0 saturated carbocycles. The molecule has 0 aromatic heterocycles. The number of carboxylic acids is 1. The van der Waals surface area contributed by atoms with Crippen molar-refractivity contribution in [2.45, 2.75) is 26.3 Å². The van der Waals surface area contributed by atoms with Crippen LogP contribution in [0, 0.1) is 5.92 Å². The monoisotopic (exact) mass is 234 g/mol. The molecule has 0 spiro atoms. The van der Waals surface area contributed by atoms with Crippen molar-refractivity contribution in [2.75, 3.05) is 0 Å². The maximum Gasteiger partial charge on any atom is 0.328 e. The van der Waals surface area contributed by atoms with E-state index in [1.54, 1.807) is 18.2 Å². The molecule has 1 N–H and O–H groups in total. The lowest BCUT2D eigenvalue weighted by atomic mass is 10.0. The minimum atomic E-state index is -0.960. The van der Waals surface area contributed by atoms with E-state index in [0.29, 0.717) is 12.0 Å². The standard InChI is InChI=1S/C13H17NO3/c1-9(2)7-11(13(16)17)14-8-10-5-3-4-6-12(10)15/h3-6,8-9,11,15H,7H2,1-2H3,(H,16,17)/p-1. The number of carboxylic acid groups (broad SMARTS) is 1. The Hall–Kier alpha value is -1.84. The van der Waals surface area contributed by atoms with Crippen LogP contribution >= 0.6 is 0 Å². The first kappa shape index (κ1) is 13.2. The van der Waals surface area contributed by atoms with E-state index < -0.39 is 12.0 Å². The summed E-state index contributed by atoms with van der Waals surface area (Å²) in [6, 6.07) is 5.64. The molecule has 0 fully saturated rings. The van der Waals surface area contributed by atoms with Crippen LogP contribution in [0.15, 0.2) is 29.3 Å². The van der Waals surface area contributed by atoms with E-state index in [0.717, 1.165) is 0 Å². The van der Waals surface area contributed by atoms with Crippen LogP contribution in [0.5, 0.6) is 5.75 Å². The van der Waals surface area contributed by atoms with Crippen LogP contribution in [0.2, 0.25) is 0 Å². The van der Waals surface area contributed by atoms with Gasteiger partial charge in [-0.3, -0.25) is 4.99 Å². The number of hydrogen-bond acceptors (Lipinski definition) is 3. The Kier molecular flexibility index (Phi) is 4.69. The smallest absolute Gasteiger partial charge is 0.328 e. The van der Waals surface area contributed by atoms with Crippen LogP contribution in [0.3, 0.4) is 0 Å². The highest BCUT2D eigenvalue weighted by molar-refractivity contribution is 5.85. The van der Waals surface area contributed by atoms with Gasteiger partial charge in [-0.1, -0.05) is 38.1 Å². The van der Waals surface area contributed by atoms with Gasteiger partial charge >= 0.3 is 5.97 Å². The van der Waals surface area contributed by atoms with Gasteiger partial charge in [-0.25, -0.2) is 4.79 Å². The highest BCUT2D eigenvalue weighted by Crippen LogP contribution is 2.12. The summed E-state index contributed by atoms with van der Waals surface area (Å²) in [5.74, 6) is -0.862. The van der Waals surface area contributed by atoms with Crippen LogP contribution in [-0.4, -0.2) is 23.3 Å². The number of carbonyl (C=O) groups is 1. The van der Waals surface area contributed by atoms with Gasteiger partial charge in [0.05, 0.1) is 0 Å². The van der Waals surface area contributed by atoms with E-state index in [1.165, 1.54) is 12.3 Å². The third-order valence-corrected chi connectivity index (χ3v) is 2.29. The average molecular weight is 234 g/mol. The molecule has 1 rings (SSSR count). The second-order valence-corrected chi connectivity index (χ2v) is 4.30. The van der Waals surface area contributed by atoms with Gasteiger partial charge in [0, 0.05) is 6.21 Å². The zero-order valence-corrected chi connectivity index (χ0v) is 9.96. The van der Waals surface area contributed by atoms with Gasteiger partial charge in [-0.15, -0.1) is 5.75 Å². The van der Waals surface area contributed by atoms with Gasteiger partial charge in [-0.05, 0) is 17.9 Å². The quantitative estimate of drug-likeness (QED) is 0.788. The molecule has 17 heavy (non-hydrogen) atoms. The van der Waals surface area contributed by atoms with Crippen molar-refractivity contribution in [2.24, 2.45) is 10.9 Å². The molecule has 0 radical (unpaired) electrons. The Bertz CT molecular complexity index is 413. The summed E-state index contributed by atoms with van der Waals surface area (Å²) in [5, 5.41) is 20.4. The SMILES string of the molecule is CC(C)CC(N=Cc1ccccc1[O-])C(=O)O. The van der Waals surface area contributed by atoms with E-state index in [2.05, 4.69) is 4.99 Å². The first-order valence-corrected chi connectivity index (χ1v) is 5.52. The molecule has 92 valence electrons. The van der Waals surface area contributed by atoms with E-state index in [1.807, 2.05) is 13.8 Å². The van der Waals surface area contributed by atoms with Gasteiger partial charge in [0.15, 0.2) is 0 Å². The zero-order chi connectivity index (χ0) is 12.8. The molecule has 1 aromatic carbocycles. The van der Waals surface area contributed by atoms with Gasteiger partial charge < -0.3 is 10.2 Å². The molecule has 1 atom stereocenters. The van der Waals surface area contributed by atoms with Crippen molar-refractivity contribution in [3.8, 4) is 5.75 Å². The van der Waals surface area contributed by atoms with Crippen LogP contribution in [0.4, 0.5) is 0 Å². The summed E-state index contributed by atoms with van der Waals surface area (Å²) >= 11 is 0. The summed E-state index contributed by atoms with van der Waals surface area (Å²) in [6.45, 7) is 3.88. The first-order valence-electron chi connectivity index (χ1n) is 5.52. The molecule has 0 heterocycles. The number of hydrogen-bond donors (Lipinski definition) is 1. The van der Waals surface area contributed by atoms with Crippen molar-refractivity contribution < 1.29 is 15.0 Å². The number of para-hydroxylation sites is 1. The third-order valence-electron chi connectivity index (χ3n) is 2.29. The lowest BCUT2D eigenvalue weighted by Gasteiger charge is -2.11. The molecule has 0 aliphatic heterocycles. The van der Waals surface area contributed by atoms with Crippen LogP contribution in [-0.2, 0) is 4.79 Å². The number of aliphatic carboxylic acids is 1. The van der Waals surface area contributed by atoms with Crippen LogP contribution < -0.4 is 5.11 Å². The summed E-state index contributed by atoms with van der Waals surface area (Å²) < 4.78 is 0. The fourth-order valence-corrected chi connectivity index (χ4v) is 1.43. The van der Waals surface area contributed by atoms with E-state index >= 15 is 0 Å². The average Bonchev–Trinajstić information content (AvgIpc) is 2.25. The zero-order valence-electron chi connectivity index (χ0n) is 9.96. The van der Waals surface area contributed by atoms with E-state index in [9.17, 15) is 9.90 Å². The topological polar surface area (TPSA) is 72.7 Å². The molecule has 1 unspecified atom stereocenters. The van der Waals surface area contributed by atoms with Crippen LogP contribution in [0.25, 0.3) is 0 Å². The molecule has 0 aliphatic carbocycles. The number of aliphatic imine (C=N–C) groups is 1. The lowest BCUT2D eigenvalue weighted by molar-refractivity contribution is -0.268. The van der Waals surface area contributed by atoms with E-state index in [4.69, 9.17) is 5.11 Å². The maximum atomic E-state index is 11.4. The largest absolute Gasteiger partial charge is 0.872 e. The minimum absolute atomic E-state index is 0.148. The maximum absolute atomic E-state index is 11.4. The van der Waals surface area contributed by atoms with E-state index in [-0.39, 0.29) is 11.7 Å². The highest BCUT2D eigenvalue weighted by atomic mass is 16.4.